The molecule has 21 heavy (non-hydrogen) atoms. The van der Waals surface area contributed by atoms with E-state index in [2.05, 4.69) is 36.6 Å². The van der Waals surface area contributed by atoms with E-state index < -0.39 is 0 Å². The van der Waals surface area contributed by atoms with Crippen molar-refractivity contribution in [1.29, 1.82) is 0 Å². The molecule has 2 N–H and O–H groups in total. The first kappa shape index (κ1) is 14.1. The molecule has 110 valence electrons. The lowest BCUT2D eigenvalue weighted by Crippen LogP contribution is -2.53. The quantitative estimate of drug-likeness (QED) is 0.884. The van der Waals surface area contributed by atoms with Gasteiger partial charge in [-0.2, -0.15) is 0 Å². The first-order valence-electron chi connectivity index (χ1n) is 7.59. The van der Waals surface area contributed by atoms with Crippen LogP contribution in [-0.4, -0.2) is 18.5 Å². The second-order valence-electron chi connectivity index (χ2n) is 6.53. The number of nitrogens with one attached hydrogen (secondary N) is 2. The van der Waals surface area contributed by atoms with Crippen LogP contribution in [0.1, 0.15) is 26.7 Å². The van der Waals surface area contributed by atoms with Crippen molar-refractivity contribution < 1.29 is 4.79 Å². The minimum Gasteiger partial charge on any atom is -0.325 e. The van der Waals surface area contributed by atoms with E-state index in [0.717, 1.165) is 30.5 Å². The van der Waals surface area contributed by atoms with Crippen LogP contribution in [-0.2, 0) is 4.79 Å². The number of fused-ring (bicyclic) bond motifs is 1. The number of carbonyl (C=O) groups excluding carboxylic acids is 1. The van der Waals surface area contributed by atoms with E-state index in [4.69, 9.17) is 0 Å². The first-order valence-corrected chi connectivity index (χ1v) is 7.59. The molecule has 3 nitrogen and oxygen atoms in total. The van der Waals surface area contributed by atoms with Crippen molar-refractivity contribution in [3.05, 3.63) is 42.5 Å². The minimum absolute atomic E-state index is 0.000812. The number of anilines is 1. The van der Waals surface area contributed by atoms with Gasteiger partial charge in [-0.3, -0.25) is 4.79 Å². The Balaban J connectivity index is 1.79. The third-order valence-corrected chi connectivity index (χ3v) is 4.41. The summed E-state index contributed by atoms with van der Waals surface area (Å²) in [6.07, 6.45) is 2.21. The molecule has 0 saturated carbocycles. The Hall–Kier alpha value is -1.87. The van der Waals surface area contributed by atoms with Crippen LogP contribution in [0.5, 0.6) is 0 Å². The van der Waals surface area contributed by atoms with Gasteiger partial charge in [0.1, 0.15) is 0 Å². The third kappa shape index (κ3) is 2.93. The Morgan fingerprint density at radius 3 is 2.71 bits per heavy atom. The first-order chi connectivity index (χ1) is 10.1. The fraction of sp³-hybridized carbons (Fsp3) is 0.389. The average Bonchev–Trinajstić information content (AvgIpc) is 2.46. The van der Waals surface area contributed by atoms with Crippen molar-refractivity contribution in [1.82, 2.24) is 5.32 Å². The molecule has 0 aromatic heterocycles. The van der Waals surface area contributed by atoms with Crippen molar-refractivity contribution >= 4 is 22.4 Å². The molecule has 1 aliphatic heterocycles. The van der Waals surface area contributed by atoms with E-state index in [1.54, 1.807) is 0 Å². The van der Waals surface area contributed by atoms with Crippen LogP contribution in [0.15, 0.2) is 42.5 Å². The smallest absolute Gasteiger partial charge is 0.242 e. The van der Waals surface area contributed by atoms with Crippen molar-refractivity contribution in [3.8, 4) is 0 Å². The standard InChI is InChI=1S/C18H22N2O/c1-18(2)10-5-11-19-16(18)17(21)20-15-9-8-13-6-3-4-7-14(13)12-15/h3-4,6-9,12,16,19H,5,10-11H2,1-2H3,(H,20,21). The zero-order chi connectivity index (χ0) is 14.9. The second kappa shape index (κ2) is 5.49. The largest absolute Gasteiger partial charge is 0.325 e. The summed E-state index contributed by atoms with van der Waals surface area (Å²) >= 11 is 0. The lowest BCUT2D eigenvalue weighted by Gasteiger charge is -2.38. The molecule has 3 heteroatoms. The zero-order valence-corrected chi connectivity index (χ0v) is 12.6. The van der Waals surface area contributed by atoms with Gasteiger partial charge in [-0.15, -0.1) is 0 Å². The lowest BCUT2D eigenvalue weighted by atomic mass is 9.77. The van der Waals surface area contributed by atoms with E-state index in [0.29, 0.717) is 0 Å². The monoisotopic (exact) mass is 282 g/mol. The topological polar surface area (TPSA) is 41.1 Å². The highest BCUT2D eigenvalue weighted by atomic mass is 16.2. The molecule has 0 spiro atoms. The van der Waals surface area contributed by atoms with Gasteiger partial charge in [-0.1, -0.05) is 44.2 Å². The molecule has 0 bridgehead atoms. The Labute approximate surface area is 125 Å². The third-order valence-electron chi connectivity index (χ3n) is 4.41. The van der Waals surface area contributed by atoms with E-state index in [1.807, 2.05) is 30.3 Å². The predicted octanol–water partition coefficient (Wildman–Crippen LogP) is 3.56. The van der Waals surface area contributed by atoms with Crippen molar-refractivity contribution in [2.75, 3.05) is 11.9 Å². The second-order valence-corrected chi connectivity index (χ2v) is 6.53. The van der Waals surface area contributed by atoms with Crippen molar-refractivity contribution in [2.45, 2.75) is 32.7 Å². The molecule has 1 heterocycles. The van der Waals surface area contributed by atoms with Crippen LogP contribution in [0.3, 0.4) is 0 Å². The summed E-state index contributed by atoms with van der Waals surface area (Å²) in [5, 5.41) is 8.74. The Kier molecular flexibility index (Phi) is 3.68. The highest BCUT2D eigenvalue weighted by Crippen LogP contribution is 2.31. The molecule has 2 aromatic rings. The summed E-state index contributed by atoms with van der Waals surface area (Å²) in [5.41, 5.74) is 0.862. The fourth-order valence-electron chi connectivity index (χ4n) is 3.14. The highest BCUT2D eigenvalue weighted by Gasteiger charge is 2.36. The molecule has 1 saturated heterocycles. The van der Waals surface area contributed by atoms with E-state index in [9.17, 15) is 4.79 Å². The lowest BCUT2D eigenvalue weighted by molar-refractivity contribution is -0.121. The highest BCUT2D eigenvalue weighted by molar-refractivity contribution is 5.97. The van der Waals surface area contributed by atoms with Gasteiger partial charge >= 0.3 is 0 Å². The maximum atomic E-state index is 12.5. The molecule has 1 atom stereocenters. The van der Waals surface area contributed by atoms with Gasteiger partial charge in [0.15, 0.2) is 0 Å². The van der Waals surface area contributed by atoms with Gasteiger partial charge in [0, 0.05) is 5.69 Å². The molecule has 1 aliphatic rings. The van der Waals surface area contributed by atoms with E-state index in [1.165, 1.54) is 5.39 Å². The number of carbonyl (C=O) groups is 1. The van der Waals surface area contributed by atoms with E-state index >= 15 is 0 Å². The van der Waals surface area contributed by atoms with Gasteiger partial charge in [0.2, 0.25) is 5.91 Å². The van der Waals surface area contributed by atoms with Gasteiger partial charge in [0.25, 0.3) is 0 Å². The Bertz CT molecular complexity index is 663. The van der Waals surface area contributed by atoms with Crippen molar-refractivity contribution in [3.63, 3.8) is 0 Å². The van der Waals surface area contributed by atoms with Gasteiger partial charge < -0.3 is 10.6 Å². The van der Waals surface area contributed by atoms with Gasteiger partial charge in [-0.05, 0) is 47.7 Å². The van der Waals surface area contributed by atoms with Crippen LogP contribution >= 0.6 is 0 Å². The van der Waals surface area contributed by atoms with Gasteiger partial charge in [-0.25, -0.2) is 0 Å². The summed E-state index contributed by atoms with van der Waals surface area (Å²) < 4.78 is 0. The molecule has 2 aromatic carbocycles. The molecule has 1 fully saturated rings. The molecular weight excluding hydrogens is 260 g/mol. The Morgan fingerprint density at radius 1 is 1.19 bits per heavy atom. The number of rotatable bonds is 2. The maximum Gasteiger partial charge on any atom is 0.242 e. The molecule has 1 unspecified atom stereocenters. The summed E-state index contributed by atoms with van der Waals surface area (Å²) in [6.45, 7) is 5.23. The van der Waals surface area contributed by atoms with Crippen LogP contribution in [0, 0.1) is 5.41 Å². The van der Waals surface area contributed by atoms with Crippen LogP contribution in [0.4, 0.5) is 5.69 Å². The van der Waals surface area contributed by atoms with Crippen LogP contribution in [0.2, 0.25) is 0 Å². The molecule has 0 aliphatic carbocycles. The molecule has 3 rings (SSSR count). The van der Waals surface area contributed by atoms with E-state index in [-0.39, 0.29) is 17.4 Å². The molecular formula is C18H22N2O. The molecule has 1 amide bonds. The summed E-state index contributed by atoms with van der Waals surface area (Å²) in [5.74, 6) is 0.0648. The summed E-state index contributed by atoms with van der Waals surface area (Å²) in [6, 6.07) is 14.1. The SMILES string of the molecule is CC1(C)CCCNC1C(=O)Nc1ccc2ccccc2c1. The predicted molar refractivity (Wildman–Crippen MR) is 87.4 cm³/mol. The number of benzene rings is 2. The molecule has 0 radical (unpaired) electrons. The van der Waals surface area contributed by atoms with Crippen molar-refractivity contribution in [2.24, 2.45) is 5.41 Å². The number of amides is 1. The van der Waals surface area contributed by atoms with Gasteiger partial charge in [0.05, 0.1) is 6.04 Å². The summed E-state index contributed by atoms with van der Waals surface area (Å²) in [7, 11) is 0. The normalized spacial score (nSPS) is 21.1. The number of hydrogen-bond donors (Lipinski definition) is 2. The minimum atomic E-state index is -0.127. The number of piperidine rings is 1. The number of hydrogen-bond acceptors (Lipinski definition) is 2. The van der Waals surface area contributed by atoms with Crippen LogP contribution in [0.25, 0.3) is 10.8 Å². The summed E-state index contributed by atoms with van der Waals surface area (Å²) in [4.78, 5) is 12.5. The Morgan fingerprint density at radius 2 is 1.95 bits per heavy atom. The fourth-order valence-corrected chi connectivity index (χ4v) is 3.14. The average molecular weight is 282 g/mol. The van der Waals surface area contributed by atoms with Crippen LogP contribution < -0.4 is 10.6 Å². The maximum absolute atomic E-state index is 12.5. The zero-order valence-electron chi connectivity index (χ0n) is 12.6.